The van der Waals surface area contributed by atoms with Gasteiger partial charge in [0.2, 0.25) is 0 Å². The Hall–Kier alpha value is -1.67. The van der Waals surface area contributed by atoms with Gasteiger partial charge in [0.1, 0.15) is 0 Å². The quantitative estimate of drug-likeness (QED) is 0.0340. The highest BCUT2D eigenvalue weighted by Crippen LogP contribution is 2.24. The minimum absolute atomic E-state index is 0.0157. The van der Waals surface area contributed by atoms with Gasteiger partial charge in [0.05, 0.1) is 39.0 Å². The Bertz CT molecular complexity index is 966. The van der Waals surface area contributed by atoms with E-state index in [0.717, 1.165) is 129 Å². The van der Waals surface area contributed by atoms with Crippen molar-refractivity contribution in [1.29, 1.82) is 0 Å². The van der Waals surface area contributed by atoms with Gasteiger partial charge in [0.15, 0.2) is 0 Å². The summed E-state index contributed by atoms with van der Waals surface area (Å²) in [5.41, 5.74) is 0. The topological polar surface area (TPSA) is 91.4 Å². The van der Waals surface area contributed by atoms with Crippen LogP contribution in [-0.4, -0.2) is 75.5 Å². The van der Waals surface area contributed by atoms with E-state index in [1.807, 2.05) is 0 Å². The number of carbonyl (C=O) groups is 3. The minimum Gasteiger partial charge on any atom is -0.466 e. The van der Waals surface area contributed by atoms with Crippen LogP contribution in [0.3, 0.4) is 0 Å². The van der Waals surface area contributed by atoms with E-state index in [-0.39, 0.29) is 23.8 Å². The second-order valence-corrected chi connectivity index (χ2v) is 18.7. The molecule has 1 unspecified atom stereocenters. The summed E-state index contributed by atoms with van der Waals surface area (Å²) in [5.74, 6) is 1.28. The molecular formula is C53H101NO7. The summed E-state index contributed by atoms with van der Waals surface area (Å²) in [5, 5.41) is 0. The number of rotatable bonds is 45. The van der Waals surface area contributed by atoms with E-state index in [0.29, 0.717) is 44.5 Å². The Morgan fingerprint density at radius 3 is 1.21 bits per heavy atom. The van der Waals surface area contributed by atoms with Gasteiger partial charge in [-0.25, -0.2) is 0 Å². The van der Waals surface area contributed by atoms with E-state index < -0.39 is 0 Å². The molecule has 0 N–H and O–H groups in total. The predicted octanol–water partition coefficient (Wildman–Crippen LogP) is 14.5. The van der Waals surface area contributed by atoms with Gasteiger partial charge >= 0.3 is 17.9 Å². The first-order chi connectivity index (χ1) is 29.9. The summed E-state index contributed by atoms with van der Waals surface area (Å²) in [7, 11) is 0. The van der Waals surface area contributed by atoms with Crippen molar-refractivity contribution < 1.29 is 33.3 Å². The van der Waals surface area contributed by atoms with Gasteiger partial charge in [-0.05, 0) is 56.8 Å². The van der Waals surface area contributed by atoms with Gasteiger partial charge in [-0.15, -0.1) is 0 Å². The van der Waals surface area contributed by atoms with E-state index in [1.54, 1.807) is 0 Å². The molecule has 0 spiro atoms. The molecule has 0 saturated carbocycles. The van der Waals surface area contributed by atoms with Crippen LogP contribution in [0.2, 0.25) is 0 Å². The molecule has 1 aliphatic rings. The molecule has 0 amide bonds. The van der Waals surface area contributed by atoms with Crippen LogP contribution in [0.1, 0.15) is 252 Å². The van der Waals surface area contributed by atoms with Gasteiger partial charge in [-0.3, -0.25) is 19.3 Å². The van der Waals surface area contributed by atoms with Crippen molar-refractivity contribution in [2.45, 2.75) is 252 Å². The molecule has 1 saturated heterocycles. The van der Waals surface area contributed by atoms with Crippen molar-refractivity contribution in [1.82, 2.24) is 4.90 Å². The van der Waals surface area contributed by atoms with Crippen LogP contribution in [0, 0.1) is 17.8 Å². The monoisotopic (exact) mass is 864 g/mol. The van der Waals surface area contributed by atoms with Crippen molar-refractivity contribution in [2.75, 3.05) is 52.7 Å². The molecule has 1 heterocycles. The van der Waals surface area contributed by atoms with E-state index in [1.165, 1.54) is 116 Å². The zero-order valence-electron chi connectivity index (χ0n) is 40.9. The number of unbranched alkanes of at least 4 members (excludes halogenated alkanes) is 18. The summed E-state index contributed by atoms with van der Waals surface area (Å²) in [6.45, 7) is 15.1. The number of esters is 3. The van der Waals surface area contributed by atoms with Gasteiger partial charge < -0.3 is 18.9 Å². The number of nitrogens with zero attached hydrogens (tertiary/aromatic N) is 1. The van der Waals surface area contributed by atoms with Crippen molar-refractivity contribution >= 4 is 17.9 Å². The van der Waals surface area contributed by atoms with Crippen molar-refractivity contribution in [3.8, 4) is 0 Å². The number of hydrogen-bond acceptors (Lipinski definition) is 8. The smallest absolute Gasteiger partial charge is 0.308 e. The standard InChI is InChI=1S/C53H101NO7/c1-5-9-21-30-48(31-22-10-6-2)38-44-59-51(55)36-27-19-15-13-14-17-25-34-50(53(57)61-43-29-40-54-41-46-58-47-42-54)35-26-18-16-20-28-37-52(56)60-45-39-49(32-23-11-7-3)33-24-12-8-4/h48-50H,5-47H2,1-4H3. The van der Waals surface area contributed by atoms with Crippen LogP contribution in [-0.2, 0) is 33.3 Å². The van der Waals surface area contributed by atoms with E-state index in [2.05, 4.69) is 32.6 Å². The molecule has 0 aromatic rings. The first-order valence-electron chi connectivity index (χ1n) is 26.7. The van der Waals surface area contributed by atoms with Crippen LogP contribution < -0.4 is 0 Å². The Labute approximate surface area is 377 Å². The average Bonchev–Trinajstić information content (AvgIpc) is 3.26. The third-order valence-electron chi connectivity index (χ3n) is 13.1. The largest absolute Gasteiger partial charge is 0.466 e. The van der Waals surface area contributed by atoms with Gasteiger partial charge in [0.25, 0.3) is 0 Å². The molecule has 0 aromatic carbocycles. The molecule has 1 atom stereocenters. The molecule has 61 heavy (non-hydrogen) atoms. The lowest BCUT2D eigenvalue weighted by atomic mass is 9.92. The van der Waals surface area contributed by atoms with Gasteiger partial charge in [0, 0.05) is 32.5 Å². The Morgan fingerprint density at radius 2 is 0.803 bits per heavy atom. The Balaban J connectivity index is 2.29. The van der Waals surface area contributed by atoms with E-state index in [9.17, 15) is 14.4 Å². The maximum Gasteiger partial charge on any atom is 0.308 e. The van der Waals surface area contributed by atoms with Crippen molar-refractivity contribution in [3.05, 3.63) is 0 Å². The highest BCUT2D eigenvalue weighted by molar-refractivity contribution is 5.72. The van der Waals surface area contributed by atoms with Crippen LogP contribution >= 0.6 is 0 Å². The second-order valence-electron chi connectivity index (χ2n) is 18.7. The summed E-state index contributed by atoms with van der Waals surface area (Å²) in [4.78, 5) is 40.5. The lowest BCUT2D eigenvalue weighted by Gasteiger charge is -2.26. The fourth-order valence-electron chi connectivity index (χ4n) is 8.94. The first kappa shape index (κ1) is 57.3. The maximum atomic E-state index is 13.2. The maximum absolute atomic E-state index is 13.2. The molecule has 0 aromatic heterocycles. The third-order valence-corrected chi connectivity index (χ3v) is 13.1. The summed E-state index contributed by atoms with van der Waals surface area (Å²) >= 11 is 0. The minimum atomic E-state index is -0.0397. The number of carbonyl (C=O) groups excluding carboxylic acids is 3. The van der Waals surface area contributed by atoms with E-state index >= 15 is 0 Å². The van der Waals surface area contributed by atoms with Gasteiger partial charge in [-0.2, -0.15) is 0 Å². The molecule has 8 nitrogen and oxygen atoms in total. The molecule has 8 heteroatoms. The highest BCUT2D eigenvalue weighted by atomic mass is 16.5. The van der Waals surface area contributed by atoms with Crippen LogP contribution in [0.15, 0.2) is 0 Å². The molecular weight excluding hydrogens is 763 g/mol. The average molecular weight is 864 g/mol. The summed E-state index contributed by atoms with van der Waals surface area (Å²) < 4.78 is 22.6. The summed E-state index contributed by atoms with van der Waals surface area (Å²) in [6, 6.07) is 0. The SMILES string of the molecule is CCCCCC(CCCCC)CCOC(=O)CCCCCCCCCC(CCCCCCCC(=O)OCCC(CCCCC)CCCCC)C(=O)OCCCN1CCOCC1. The molecule has 360 valence electrons. The lowest BCUT2D eigenvalue weighted by Crippen LogP contribution is -2.37. The molecule has 1 aliphatic heterocycles. The normalized spacial score (nSPS) is 13.9. The lowest BCUT2D eigenvalue weighted by molar-refractivity contribution is -0.149. The zero-order valence-corrected chi connectivity index (χ0v) is 40.9. The summed E-state index contributed by atoms with van der Waals surface area (Å²) in [6.07, 6.45) is 39.0. The number of morpholine rings is 1. The Kier molecular flexibility index (Phi) is 41.0. The first-order valence-corrected chi connectivity index (χ1v) is 26.7. The van der Waals surface area contributed by atoms with Crippen LogP contribution in [0.5, 0.6) is 0 Å². The van der Waals surface area contributed by atoms with Crippen molar-refractivity contribution in [2.24, 2.45) is 17.8 Å². The van der Waals surface area contributed by atoms with Crippen LogP contribution in [0.4, 0.5) is 0 Å². The molecule has 0 aliphatic carbocycles. The predicted molar refractivity (Wildman–Crippen MR) is 255 cm³/mol. The van der Waals surface area contributed by atoms with E-state index in [4.69, 9.17) is 18.9 Å². The third kappa shape index (κ3) is 36.4. The molecule has 1 fully saturated rings. The zero-order chi connectivity index (χ0) is 44.3. The Morgan fingerprint density at radius 1 is 0.426 bits per heavy atom. The second kappa shape index (κ2) is 43.6. The number of hydrogen-bond donors (Lipinski definition) is 0. The fraction of sp³-hybridized carbons (Fsp3) is 0.943. The molecule has 0 bridgehead atoms. The molecule has 1 rings (SSSR count). The fourth-order valence-corrected chi connectivity index (χ4v) is 8.94. The van der Waals surface area contributed by atoms with Gasteiger partial charge in [-0.1, -0.05) is 195 Å². The van der Waals surface area contributed by atoms with Crippen LogP contribution in [0.25, 0.3) is 0 Å². The van der Waals surface area contributed by atoms with Crippen molar-refractivity contribution in [3.63, 3.8) is 0 Å². The number of ether oxygens (including phenoxy) is 4. The molecule has 0 radical (unpaired) electrons. The highest BCUT2D eigenvalue weighted by Gasteiger charge is 2.20.